The van der Waals surface area contributed by atoms with Crippen LogP contribution in [0.5, 0.6) is 0 Å². The molecule has 88 valence electrons. The number of hydrogen-bond donors (Lipinski definition) is 1. The van der Waals surface area contributed by atoms with E-state index in [4.69, 9.17) is 0 Å². The molecule has 0 fully saturated rings. The van der Waals surface area contributed by atoms with Crippen molar-refractivity contribution in [1.82, 2.24) is 10.2 Å². The molecule has 0 spiro atoms. The van der Waals surface area contributed by atoms with Gasteiger partial charge in [0.1, 0.15) is 0 Å². The standard InChI is InChI=1S/C12H12N2OS2/c1-16-12-11(15)10(7-13-14-12)17-8-9-5-3-2-4-6-9/h2-7H,8H2,1H3,(H,13,15). The zero-order valence-electron chi connectivity index (χ0n) is 9.34. The Morgan fingerprint density at radius 1 is 1.29 bits per heavy atom. The van der Waals surface area contributed by atoms with Gasteiger partial charge in [-0.05, 0) is 11.8 Å². The number of nitrogens with zero attached hydrogens (tertiary/aromatic N) is 1. The Labute approximate surface area is 108 Å². The van der Waals surface area contributed by atoms with Crippen LogP contribution in [0.4, 0.5) is 0 Å². The largest absolute Gasteiger partial charge is 0.286 e. The fraction of sp³-hybridized carbons (Fsp3) is 0.167. The molecule has 2 rings (SSSR count). The van der Waals surface area contributed by atoms with Crippen molar-refractivity contribution < 1.29 is 0 Å². The third-order valence-corrected chi connectivity index (χ3v) is 3.97. The van der Waals surface area contributed by atoms with Gasteiger partial charge in [-0.3, -0.25) is 9.89 Å². The van der Waals surface area contributed by atoms with E-state index >= 15 is 0 Å². The number of hydrogen-bond acceptors (Lipinski definition) is 4. The molecular formula is C12H12N2OS2. The molecule has 0 radical (unpaired) electrons. The van der Waals surface area contributed by atoms with E-state index < -0.39 is 0 Å². The minimum absolute atomic E-state index is 0.0113. The van der Waals surface area contributed by atoms with Crippen molar-refractivity contribution >= 4 is 23.5 Å². The van der Waals surface area contributed by atoms with Crippen molar-refractivity contribution in [2.24, 2.45) is 0 Å². The second-order valence-corrected chi connectivity index (χ2v) is 5.17. The van der Waals surface area contributed by atoms with Crippen LogP contribution in [-0.2, 0) is 5.75 Å². The number of aromatic amines is 1. The van der Waals surface area contributed by atoms with Gasteiger partial charge in [0, 0.05) is 11.9 Å². The smallest absolute Gasteiger partial charge is 0.227 e. The van der Waals surface area contributed by atoms with Gasteiger partial charge >= 0.3 is 0 Å². The monoisotopic (exact) mass is 264 g/mol. The molecule has 5 heteroatoms. The van der Waals surface area contributed by atoms with Gasteiger partial charge in [-0.1, -0.05) is 30.3 Å². The van der Waals surface area contributed by atoms with Gasteiger partial charge in [0.2, 0.25) is 5.43 Å². The lowest BCUT2D eigenvalue weighted by Gasteiger charge is -2.02. The molecule has 0 atom stereocenters. The average molecular weight is 264 g/mol. The Bertz CT molecular complexity index is 540. The second kappa shape index (κ2) is 5.93. The molecule has 0 bridgehead atoms. The lowest BCUT2D eigenvalue weighted by atomic mass is 10.2. The number of aromatic nitrogens is 2. The van der Waals surface area contributed by atoms with Crippen LogP contribution in [0.15, 0.2) is 51.2 Å². The van der Waals surface area contributed by atoms with Crippen molar-refractivity contribution in [2.75, 3.05) is 6.26 Å². The van der Waals surface area contributed by atoms with Crippen LogP contribution >= 0.6 is 23.5 Å². The first-order chi connectivity index (χ1) is 8.31. The van der Waals surface area contributed by atoms with Crippen LogP contribution in [0.1, 0.15) is 5.56 Å². The first-order valence-corrected chi connectivity index (χ1v) is 7.31. The van der Waals surface area contributed by atoms with Gasteiger partial charge in [0.15, 0.2) is 5.03 Å². The van der Waals surface area contributed by atoms with E-state index in [9.17, 15) is 4.79 Å². The highest BCUT2D eigenvalue weighted by Gasteiger charge is 2.06. The molecule has 0 aliphatic rings. The molecule has 0 aliphatic carbocycles. The quantitative estimate of drug-likeness (QED) is 0.863. The van der Waals surface area contributed by atoms with Crippen molar-refractivity contribution in [3.8, 4) is 0 Å². The molecule has 0 saturated carbocycles. The lowest BCUT2D eigenvalue weighted by molar-refractivity contribution is 0.874. The Balaban J connectivity index is 2.12. The summed E-state index contributed by atoms with van der Waals surface area (Å²) in [5.74, 6) is 0.793. The summed E-state index contributed by atoms with van der Waals surface area (Å²) in [6.45, 7) is 0. The average Bonchev–Trinajstić information content (AvgIpc) is 2.39. The van der Waals surface area contributed by atoms with Gasteiger partial charge in [-0.25, -0.2) is 0 Å². The molecule has 1 heterocycles. The molecular weight excluding hydrogens is 252 g/mol. The Kier molecular flexibility index (Phi) is 4.28. The van der Waals surface area contributed by atoms with Crippen molar-refractivity contribution in [3.05, 3.63) is 52.3 Å². The van der Waals surface area contributed by atoms with Crippen LogP contribution in [0, 0.1) is 0 Å². The maximum Gasteiger partial charge on any atom is 0.227 e. The lowest BCUT2D eigenvalue weighted by Crippen LogP contribution is -2.09. The van der Waals surface area contributed by atoms with E-state index in [0.717, 1.165) is 5.75 Å². The Hall–Kier alpha value is -1.20. The number of thioether (sulfide) groups is 2. The van der Waals surface area contributed by atoms with E-state index in [1.807, 2.05) is 24.5 Å². The summed E-state index contributed by atoms with van der Waals surface area (Å²) >= 11 is 2.90. The highest BCUT2D eigenvalue weighted by atomic mass is 32.2. The Morgan fingerprint density at radius 3 is 2.76 bits per heavy atom. The highest BCUT2D eigenvalue weighted by Crippen LogP contribution is 2.19. The van der Waals surface area contributed by atoms with Gasteiger partial charge in [0.05, 0.1) is 4.90 Å². The van der Waals surface area contributed by atoms with E-state index in [2.05, 4.69) is 22.3 Å². The molecule has 3 nitrogen and oxygen atoms in total. The van der Waals surface area contributed by atoms with Crippen molar-refractivity contribution in [3.63, 3.8) is 0 Å². The molecule has 1 N–H and O–H groups in total. The topological polar surface area (TPSA) is 45.8 Å². The number of H-pyrrole nitrogens is 1. The van der Waals surface area contributed by atoms with E-state index in [-0.39, 0.29) is 5.43 Å². The first-order valence-electron chi connectivity index (χ1n) is 5.10. The summed E-state index contributed by atoms with van der Waals surface area (Å²) in [7, 11) is 0. The molecule has 0 unspecified atom stereocenters. The molecule has 0 aliphatic heterocycles. The summed E-state index contributed by atoms with van der Waals surface area (Å²) in [6.07, 6.45) is 3.51. The fourth-order valence-electron chi connectivity index (χ4n) is 1.35. The minimum atomic E-state index is 0.0113. The number of rotatable bonds is 4. The van der Waals surface area contributed by atoms with Gasteiger partial charge in [0.25, 0.3) is 0 Å². The zero-order valence-corrected chi connectivity index (χ0v) is 11.0. The molecule has 1 aromatic carbocycles. The maximum absolute atomic E-state index is 11.9. The van der Waals surface area contributed by atoms with Crippen LogP contribution in [0.25, 0.3) is 0 Å². The minimum Gasteiger partial charge on any atom is -0.286 e. The normalized spacial score (nSPS) is 10.4. The highest BCUT2D eigenvalue weighted by molar-refractivity contribution is 7.99. The Morgan fingerprint density at radius 2 is 2.06 bits per heavy atom. The number of benzene rings is 1. The molecule has 17 heavy (non-hydrogen) atoms. The molecule has 0 amide bonds. The fourth-order valence-corrected chi connectivity index (χ4v) is 2.73. The predicted octanol–water partition coefficient (Wildman–Crippen LogP) is 2.78. The third kappa shape index (κ3) is 3.14. The van der Waals surface area contributed by atoms with E-state index in [1.165, 1.54) is 29.1 Å². The predicted molar refractivity (Wildman–Crippen MR) is 72.6 cm³/mol. The molecule has 0 saturated heterocycles. The second-order valence-electron chi connectivity index (χ2n) is 3.36. The summed E-state index contributed by atoms with van der Waals surface area (Å²) in [5.41, 5.74) is 1.22. The summed E-state index contributed by atoms with van der Waals surface area (Å²) in [5, 5.41) is 7.21. The van der Waals surface area contributed by atoms with Crippen molar-refractivity contribution in [2.45, 2.75) is 15.7 Å². The van der Waals surface area contributed by atoms with E-state index in [0.29, 0.717) is 9.92 Å². The third-order valence-electron chi connectivity index (χ3n) is 2.21. The van der Waals surface area contributed by atoms with Crippen molar-refractivity contribution in [1.29, 1.82) is 0 Å². The maximum atomic E-state index is 11.9. The van der Waals surface area contributed by atoms with Gasteiger partial charge < -0.3 is 0 Å². The first kappa shape index (κ1) is 12.3. The summed E-state index contributed by atoms with van der Waals surface area (Å²) in [4.78, 5) is 12.6. The van der Waals surface area contributed by atoms with Crippen LogP contribution < -0.4 is 5.43 Å². The molecule has 2 aromatic rings. The van der Waals surface area contributed by atoms with Crippen LogP contribution in [-0.4, -0.2) is 16.5 Å². The SMILES string of the molecule is CSc1n[nH]cc(SCc2ccccc2)c1=O. The van der Waals surface area contributed by atoms with Gasteiger partial charge in [-0.2, -0.15) is 5.10 Å². The van der Waals surface area contributed by atoms with E-state index in [1.54, 1.807) is 6.20 Å². The summed E-state index contributed by atoms with van der Waals surface area (Å²) in [6, 6.07) is 10.1. The molecule has 1 aromatic heterocycles. The summed E-state index contributed by atoms with van der Waals surface area (Å²) < 4.78 is 0. The zero-order chi connectivity index (χ0) is 12.1. The van der Waals surface area contributed by atoms with Gasteiger partial charge in [-0.15, -0.1) is 23.5 Å². The van der Waals surface area contributed by atoms with Crippen LogP contribution in [0.3, 0.4) is 0 Å². The number of nitrogens with one attached hydrogen (secondary N) is 1. The van der Waals surface area contributed by atoms with Crippen LogP contribution in [0.2, 0.25) is 0 Å².